The van der Waals surface area contributed by atoms with Crippen LogP contribution in [0.1, 0.15) is 48.7 Å². The highest BCUT2D eigenvalue weighted by Crippen LogP contribution is 2.31. The Morgan fingerprint density at radius 3 is 2.47 bits per heavy atom. The molecule has 34 heavy (non-hydrogen) atoms. The molecule has 4 N–H and O–H groups in total. The van der Waals surface area contributed by atoms with E-state index in [1.807, 2.05) is 43.3 Å². The van der Waals surface area contributed by atoms with Gasteiger partial charge in [-0.25, -0.2) is 0 Å². The zero-order chi connectivity index (χ0) is 24.1. The molecule has 1 unspecified atom stereocenters. The number of ether oxygens (including phenoxy) is 1. The van der Waals surface area contributed by atoms with Crippen molar-refractivity contribution in [1.82, 2.24) is 5.32 Å². The molecule has 2 amide bonds. The molecular weight excluding hydrogens is 430 g/mol. The van der Waals surface area contributed by atoms with Crippen LogP contribution in [0.2, 0.25) is 0 Å². The van der Waals surface area contributed by atoms with Crippen LogP contribution in [0.25, 0.3) is 0 Å². The van der Waals surface area contributed by atoms with Gasteiger partial charge >= 0.3 is 0 Å². The second kappa shape index (κ2) is 10.3. The van der Waals surface area contributed by atoms with Gasteiger partial charge in [0.2, 0.25) is 5.91 Å². The standard InChI is InChI=1S/C27H29N3O4/c1-17(28-18(2)31)21-10-13-25(26(32)14-21)30-27(33)20-8-11-22(12-9-20)29-23-4-3-5-24(15-23)34-16-19-6-7-19/h3-5,8-15,17,19,29,32H,6-7,16H2,1-2H3,(H,28,31)(H,30,33). The molecule has 4 rings (SSSR count). The maximum absolute atomic E-state index is 12.7. The number of nitrogens with one attached hydrogen (secondary N) is 3. The lowest BCUT2D eigenvalue weighted by atomic mass is 10.1. The second-order valence-corrected chi connectivity index (χ2v) is 8.64. The quantitative estimate of drug-likeness (QED) is 0.322. The number of rotatable bonds is 9. The van der Waals surface area contributed by atoms with E-state index in [1.165, 1.54) is 25.8 Å². The molecule has 3 aromatic rings. The molecular formula is C27H29N3O4. The number of aromatic hydroxyl groups is 1. The first-order chi connectivity index (χ1) is 16.4. The van der Waals surface area contributed by atoms with Crippen molar-refractivity contribution in [2.24, 2.45) is 5.92 Å². The molecule has 1 saturated carbocycles. The monoisotopic (exact) mass is 459 g/mol. The largest absolute Gasteiger partial charge is 0.506 e. The molecule has 0 aromatic heterocycles. The molecule has 1 atom stereocenters. The minimum atomic E-state index is -0.333. The van der Waals surface area contributed by atoms with E-state index in [-0.39, 0.29) is 23.6 Å². The smallest absolute Gasteiger partial charge is 0.255 e. The summed E-state index contributed by atoms with van der Waals surface area (Å²) in [5.74, 6) is 0.981. The topological polar surface area (TPSA) is 99.7 Å². The number of benzene rings is 3. The Labute approximate surface area is 199 Å². The number of amides is 2. The lowest BCUT2D eigenvalue weighted by Crippen LogP contribution is -2.23. The summed E-state index contributed by atoms with van der Waals surface area (Å²) in [7, 11) is 0. The average molecular weight is 460 g/mol. The molecule has 3 aromatic carbocycles. The van der Waals surface area contributed by atoms with Crippen molar-refractivity contribution in [3.8, 4) is 11.5 Å². The first-order valence-electron chi connectivity index (χ1n) is 11.4. The van der Waals surface area contributed by atoms with E-state index in [0.29, 0.717) is 17.2 Å². The molecule has 0 radical (unpaired) electrons. The maximum Gasteiger partial charge on any atom is 0.255 e. The first kappa shape index (κ1) is 23.2. The van der Waals surface area contributed by atoms with E-state index in [4.69, 9.17) is 4.74 Å². The number of hydrogen-bond acceptors (Lipinski definition) is 5. The Balaban J connectivity index is 1.36. The van der Waals surface area contributed by atoms with Gasteiger partial charge in [-0.2, -0.15) is 0 Å². The first-order valence-corrected chi connectivity index (χ1v) is 11.4. The van der Waals surface area contributed by atoms with E-state index < -0.39 is 0 Å². The predicted molar refractivity (Wildman–Crippen MR) is 133 cm³/mol. The molecule has 0 heterocycles. The molecule has 7 heteroatoms. The van der Waals surface area contributed by atoms with Gasteiger partial charge in [0.15, 0.2) is 0 Å². The molecule has 0 spiro atoms. The SMILES string of the molecule is CC(=O)NC(C)c1ccc(NC(=O)c2ccc(Nc3cccc(OCC4CC4)c3)cc2)c(O)c1. The third kappa shape index (κ3) is 6.28. The number of anilines is 3. The molecule has 1 aliphatic rings. The molecule has 1 fully saturated rings. The maximum atomic E-state index is 12.7. The van der Waals surface area contributed by atoms with Crippen LogP contribution in [0.5, 0.6) is 11.5 Å². The van der Waals surface area contributed by atoms with Crippen LogP contribution in [0, 0.1) is 5.92 Å². The highest BCUT2D eigenvalue weighted by Gasteiger charge is 2.21. The predicted octanol–water partition coefficient (Wildman–Crippen LogP) is 5.37. The number of carbonyl (C=O) groups excluding carboxylic acids is 2. The summed E-state index contributed by atoms with van der Waals surface area (Å²) >= 11 is 0. The van der Waals surface area contributed by atoms with Crippen molar-refractivity contribution in [2.45, 2.75) is 32.7 Å². The van der Waals surface area contributed by atoms with Gasteiger partial charge in [0.1, 0.15) is 11.5 Å². The van der Waals surface area contributed by atoms with Crippen LogP contribution in [-0.2, 0) is 4.79 Å². The normalized spacial score (nSPS) is 13.6. The van der Waals surface area contributed by atoms with E-state index in [1.54, 1.807) is 24.3 Å². The third-order valence-electron chi connectivity index (χ3n) is 5.64. The Hall–Kier alpha value is -4.00. The fourth-order valence-corrected chi connectivity index (χ4v) is 3.54. The highest BCUT2D eigenvalue weighted by molar-refractivity contribution is 6.05. The minimum absolute atomic E-state index is 0.0647. The molecule has 176 valence electrons. The van der Waals surface area contributed by atoms with Crippen molar-refractivity contribution in [3.63, 3.8) is 0 Å². The Morgan fingerprint density at radius 2 is 1.79 bits per heavy atom. The van der Waals surface area contributed by atoms with Gasteiger partial charge in [0.05, 0.1) is 18.3 Å². The number of hydrogen-bond donors (Lipinski definition) is 4. The van der Waals surface area contributed by atoms with Crippen LogP contribution >= 0.6 is 0 Å². The summed E-state index contributed by atoms with van der Waals surface area (Å²) in [5, 5.41) is 19.1. The van der Waals surface area contributed by atoms with Crippen LogP contribution in [0.15, 0.2) is 66.7 Å². The van der Waals surface area contributed by atoms with Crippen molar-refractivity contribution in [3.05, 3.63) is 77.9 Å². The summed E-state index contributed by atoms with van der Waals surface area (Å²) in [5.41, 5.74) is 3.25. The Morgan fingerprint density at radius 1 is 1.03 bits per heavy atom. The number of carbonyl (C=O) groups is 2. The fourth-order valence-electron chi connectivity index (χ4n) is 3.54. The van der Waals surface area contributed by atoms with Crippen LogP contribution in [-0.4, -0.2) is 23.5 Å². The van der Waals surface area contributed by atoms with Crippen LogP contribution in [0.4, 0.5) is 17.1 Å². The summed E-state index contributed by atoms with van der Waals surface area (Å²) in [6, 6.07) is 19.6. The van der Waals surface area contributed by atoms with E-state index in [2.05, 4.69) is 16.0 Å². The van der Waals surface area contributed by atoms with Crippen molar-refractivity contribution >= 4 is 28.9 Å². The third-order valence-corrected chi connectivity index (χ3v) is 5.64. The summed E-state index contributed by atoms with van der Waals surface area (Å²) in [4.78, 5) is 23.9. The molecule has 1 aliphatic carbocycles. The number of phenolic OH excluding ortho intramolecular Hbond substituents is 1. The summed E-state index contributed by atoms with van der Waals surface area (Å²) in [6.07, 6.45) is 2.50. The van der Waals surface area contributed by atoms with Crippen molar-refractivity contribution < 1.29 is 19.4 Å². The van der Waals surface area contributed by atoms with Crippen LogP contribution in [0.3, 0.4) is 0 Å². The van der Waals surface area contributed by atoms with E-state index in [0.717, 1.165) is 29.3 Å². The molecule has 7 nitrogen and oxygen atoms in total. The Kier molecular flexibility index (Phi) is 7.01. The zero-order valence-electron chi connectivity index (χ0n) is 19.3. The van der Waals surface area contributed by atoms with Gasteiger partial charge in [-0.05, 0) is 79.8 Å². The van der Waals surface area contributed by atoms with Gasteiger partial charge in [0, 0.05) is 29.9 Å². The fraction of sp³-hybridized carbons (Fsp3) is 0.259. The van der Waals surface area contributed by atoms with Gasteiger partial charge in [-0.3, -0.25) is 9.59 Å². The van der Waals surface area contributed by atoms with Crippen molar-refractivity contribution in [1.29, 1.82) is 0 Å². The van der Waals surface area contributed by atoms with E-state index in [9.17, 15) is 14.7 Å². The molecule has 0 bridgehead atoms. The number of phenols is 1. The lowest BCUT2D eigenvalue weighted by molar-refractivity contribution is -0.119. The summed E-state index contributed by atoms with van der Waals surface area (Å²) < 4.78 is 5.83. The molecule has 0 aliphatic heterocycles. The van der Waals surface area contributed by atoms with E-state index >= 15 is 0 Å². The second-order valence-electron chi connectivity index (χ2n) is 8.64. The highest BCUT2D eigenvalue weighted by atomic mass is 16.5. The average Bonchev–Trinajstić information content (AvgIpc) is 3.64. The minimum Gasteiger partial charge on any atom is -0.506 e. The summed E-state index contributed by atoms with van der Waals surface area (Å²) in [6.45, 7) is 4.02. The van der Waals surface area contributed by atoms with Gasteiger partial charge in [-0.15, -0.1) is 0 Å². The molecule has 0 saturated heterocycles. The van der Waals surface area contributed by atoms with Gasteiger partial charge in [-0.1, -0.05) is 12.1 Å². The Bertz CT molecular complexity index is 1170. The van der Waals surface area contributed by atoms with Crippen LogP contribution < -0.4 is 20.7 Å². The lowest BCUT2D eigenvalue weighted by Gasteiger charge is -2.15. The zero-order valence-corrected chi connectivity index (χ0v) is 19.3. The van der Waals surface area contributed by atoms with Gasteiger partial charge < -0.3 is 25.8 Å². The van der Waals surface area contributed by atoms with Crippen molar-refractivity contribution in [2.75, 3.05) is 17.2 Å². The van der Waals surface area contributed by atoms with Gasteiger partial charge in [0.25, 0.3) is 5.91 Å².